The van der Waals surface area contributed by atoms with Crippen LogP contribution in [0.2, 0.25) is 0 Å². The lowest BCUT2D eigenvalue weighted by Gasteiger charge is -2.31. The molecule has 0 unspecified atom stereocenters. The molecule has 0 aliphatic carbocycles. The molecule has 0 saturated heterocycles. The molecule has 4 aromatic rings. The average molecular weight is 317 g/mol. The maximum Gasteiger partial charge on any atom is 0.0781 e. The van der Waals surface area contributed by atoms with Crippen LogP contribution in [0.15, 0.2) is 54.6 Å². The molecular formula is C22H23NO. The highest BCUT2D eigenvalue weighted by molar-refractivity contribution is 6.23. The van der Waals surface area contributed by atoms with E-state index in [0.29, 0.717) is 0 Å². The van der Waals surface area contributed by atoms with Gasteiger partial charge in [-0.3, -0.25) is 0 Å². The minimum absolute atomic E-state index is 0.261. The fourth-order valence-electron chi connectivity index (χ4n) is 3.76. The summed E-state index contributed by atoms with van der Waals surface area (Å²) >= 11 is 0. The third kappa shape index (κ3) is 2.18. The molecule has 0 spiro atoms. The summed E-state index contributed by atoms with van der Waals surface area (Å²) in [5.74, 6) is 0. The molecule has 2 atom stereocenters. The van der Waals surface area contributed by atoms with E-state index in [-0.39, 0.29) is 5.41 Å². The Morgan fingerprint density at radius 1 is 0.792 bits per heavy atom. The van der Waals surface area contributed by atoms with Gasteiger partial charge in [-0.25, -0.2) is 0 Å². The molecule has 0 aliphatic heterocycles. The van der Waals surface area contributed by atoms with Crippen molar-refractivity contribution in [2.24, 2.45) is 11.1 Å². The first-order valence-electron chi connectivity index (χ1n) is 8.48. The number of hydrogen-bond acceptors (Lipinski definition) is 2. The van der Waals surface area contributed by atoms with Gasteiger partial charge in [-0.2, -0.15) is 0 Å². The number of benzene rings is 4. The molecule has 2 heteroatoms. The van der Waals surface area contributed by atoms with Crippen molar-refractivity contribution in [1.29, 1.82) is 0 Å². The molecule has 0 bridgehead atoms. The minimum Gasteiger partial charge on any atom is -0.391 e. The highest BCUT2D eigenvalue weighted by Gasteiger charge is 2.30. The molecule has 0 heterocycles. The van der Waals surface area contributed by atoms with E-state index in [4.69, 9.17) is 5.73 Å². The molecular weight excluding hydrogens is 294 g/mol. The molecule has 0 saturated carbocycles. The Hall–Kier alpha value is -2.16. The number of aliphatic hydroxyl groups is 1. The topological polar surface area (TPSA) is 46.2 Å². The largest absolute Gasteiger partial charge is 0.391 e. The van der Waals surface area contributed by atoms with Gasteiger partial charge in [-0.05, 0) is 43.3 Å². The quantitative estimate of drug-likeness (QED) is 0.512. The molecule has 0 fully saturated rings. The second-order valence-electron chi connectivity index (χ2n) is 7.85. The Morgan fingerprint density at radius 2 is 1.33 bits per heavy atom. The van der Waals surface area contributed by atoms with Crippen molar-refractivity contribution in [3.8, 4) is 0 Å². The van der Waals surface area contributed by atoms with Crippen LogP contribution in [-0.2, 0) is 0 Å². The van der Waals surface area contributed by atoms with E-state index in [1.54, 1.807) is 0 Å². The van der Waals surface area contributed by atoms with Gasteiger partial charge in [-0.15, -0.1) is 0 Å². The Kier molecular flexibility index (Phi) is 3.31. The van der Waals surface area contributed by atoms with Crippen LogP contribution >= 0.6 is 0 Å². The van der Waals surface area contributed by atoms with Crippen molar-refractivity contribution in [3.63, 3.8) is 0 Å². The van der Waals surface area contributed by atoms with E-state index < -0.39 is 12.1 Å². The number of nitrogens with two attached hydrogens (primary N) is 1. The van der Waals surface area contributed by atoms with Crippen molar-refractivity contribution in [2.45, 2.75) is 32.9 Å². The lowest BCUT2D eigenvalue weighted by molar-refractivity contribution is 0.0405. The minimum atomic E-state index is -0.601. The van der Waals surface area contributed by atoms with E-state index in [0.717, 1.165) is 10.9 Å². The maximum absolute atomic E-state index is 10.7. The van der Waals surface area contributed by atoms with Crippen molar-refractivity contribution in [2.75, 3.05) is 0 Å². The molecule has 0 amide bonds. The van der Waals surface area contributed by atoms with Gasteiger partial charge < -0.3 is 10.8 Å². The van der Waals surface area contributed by atoms with E-state index in [2.05, 4.69) is 54.6 Å². The molecule has 0 aromatic heterocycles. The fourth-order valence-corrected chi connectivity index (χ4v) is 3.76. The van der Waals surface area contributed by atoms with Gasteiger partial charge in [0.05, 0.1) is 12.1 Å². The summed E-state index contributed by atoms with van der Waals surface area (Å²) in [4.78, 5) is 0. The normalized spacial score (nSPS) is 15.4. The first kappa shape index (κ1) is 15.4. The molecule has 0 aliphatic rings. The van der Waals surface area contributed by atoms with Crippen LogP contribution < -0.4 is 5.73 Å². The third-order valence-corrected chi connectivity index (χ3v) is 5.15. The monoisotopic (exact) mass is 317 g/mol. The van der Waals surface area contributed by atoms with Crippen LogP contribution in [0.25, 0.3) is 32.3 Å². The van der Waals surface area contributed by atoms with Crippen LogP contribution in [0.1, 0.15) is 32.4 Å². The van der Waals surface area contributed by atoms with E-state index >= 15 is 0 Å². The second-order valence-corrected chi connectivity index (χ2v) is 7.85. The van der Waals surface area contributed by atoms with Gasteiger partial charge in [0, 0.05) is 0 Å². The van der Waals surface area contributed by atoms with Gasteiger partial charge in [0.2, 0.25) is 0 Å². The Balaban J connectivity index is 2.04. The highest BCUT2D eigenvalue weighted by atomic mass is 16.3. The number of aliphatic hydroxyl groups excluding tert-OH is 1. The summed E-state index contributed by atoms with van der Waals surface area (Å²) in [6, 6.07) is 18.8. The summed E-state index contributed by atoms with van der Waals surface area (Å²) in [5.41, 5.74) is 7.23. The molecule has 24 heavy (non-hydrogen) atoms. The van der Waals surface area contributed by atoms with Crippen molar-refractivity contribution in [1.82, 2.24) is 0 Å². The lowest BCUT2D eigenvalue weighted by atomic mass is 9.80. The summed E-state index contributed by atoms with van der Waals surface area (Å²) in [6.07, 6.45) is -0.601. The molecule has 0 radical (unpaired) electrons. The molecule has 3 N–H and O–H groups in total. The smallest absolute Gasteiger partial charge is 0.0781 e. The van der Waals surface area contributed by atoms with Crippen LogP contribution in [0.4, 0.5) is 0 Å². The van der Waals surface area contributed by atoms with Gasteiger partial charge in [-0.1, -0.05) is 75.4 Å². The molecule has 122 valence electrons. The summed E-state index contributed by atoms with van der Waals surface area (Å²) in [6.45, 7) is 6.06. The molecule has 4 aromatic carbocycles. The zero-order valence-electron chi connectivity index (χ0n) is 14.4. The zero-order chi connectivity index (χ0) is 17.1. The molecule has 2 nitrogen and oxygen atoms in total. The van der Waals surface area contributed by atoms with Crippen LogP contribution in [0, 0.1) is 5.41 Å². The van der Waals surface area contributed by atoms with Crippen LogP contribution in [0.3, 0.4) is 0 Å². The first-order chi connectivity index (χ1) is 11.4. The van der Waals surface area contributed by atoms with Crippen LogP contribution in [0.5, 0.6) is 0 Å². The van der Waals surface area contributed by atoms with Gasteiger partial charge in [0.15, 0.2) is 0 Å². The van der Waals surface area contributed by atoms with Gasteiger partial charge in [0.25, 0.3) is 0 Å². The average Bonchev–Trinajstić information content (AvgIpc) is 2.57. The van der Waals surface area contributed by atoms with E-state index in [1.165, 1.54) is 26.9 Å². The SMILES string of the molecule is CC(C)(C)[C@H](O)[C@H](N)c1ccc2ccc3cccc4ccc1c2c34. The Morgan fingerprint density at radius 3 is 1.96 bits per heavy atom. The standard InChI is InChI=1S/C22H23NO/c1-22(2,3)21(24)20(23)17-12-10-15-8-7-13-5-4-6-14-9-11-16(17)19(15)18(13)14/h4-12,20-21,24H,23H2,1-3H3/t20-,21-/m1/s1. The Bertz CT molecular complexity index is 1010. The highest BCUT2D eigenvalue weighted by Crippen LogP contribution is 2.39. The number of rotatable bonds is 2. The second kappa shape index (κ2) is 5.17. The fraction of sp³-hybridized carbons (Fsp3) is 0.273. The summed E-state index contributed by atoms with van der Waals surface area (Å²) < 4.78 is 0. The lowest BCUT2D eigenvalue weighted by Crippen LogP contribution is -2.37. The maximum atomic E-state index is 10.7. The third-order valence-electron chi connectivity index (χ3n) is 5.15. The van der Waals surface area contributed by atoms with Gasteiger partial charge in [0.1, 0.15) is 0 Å². The zero-order valence-corrected chi connectivity index (χ0v) is 14.4. The first-order valence-corrected chi connectivity index (χ1v) is 8.48. The van der Waals surface area contributed by atoms with Crippen molar-refractivity contribution < 1.29 is 5.11 Å². The van der Waals surface area contributed by atoms with E-state index in [9.17, 15) is 5.11 Å². The predicted molar refractivity (Wildman–Crippen MR) is 103 cm³/mol. The summed E-state index contributed by atoms with van der Waals surface area (Å²) in [7, 11) is 0. The predicted octanol–water partition coefficient (Wildman–Crippen LogP) is 4.99. The summed E-state index contributed by atoms with van der Waals surface area (Å²) in [5, 5.41) is 18.1. The number of hydrogen-bond donors (Lipinski definition) is 2. The van der Waals surface area contributed by atoms with Crippen molar-refractivity contribution >= 4 is 32.3 Å². The van der Waals surface area contributed by atoms with Crippen LogP contribution in [-0.4, -0.2) is 11.2 Å². The van der Waals surface area contributed by atoms with Crippen molar-refractivity contribution in [3.05, 3.63) is 60.2 Å². The Labute approximate surface area is 142 Å². The van der Waals surface area contributed by atoms with Gasteiger partial charge >= 0.3 is 0 Å². The molecule has 4 rings (SSSR count). The van der Waals surface area contributed by atoms with E-state index in [1.807, 2.05) is 20.8 Å².